The molecule has 0 aliphatic carbocycles. The summed E-state index contributed by atoms with van der Waals surface area (Å²) in [5.74, 6) is 0. The minimum Gasteiger partial charge on any atom is -0.254 e. The maximum atomic E-state index is 4.75. The van der Waals surface area contributed by atoms with Crippen molar-refractivity contribution in [2.24, 2.45) is 0 Å². The van der Waals surface area contributed by atoms with Gasteiger partial charge >= 0.3 is 0 Å². The normalized spacial score (nSPS) is 11.2. The molecular formula is C22H20N2. The van der Waals surface area contributed by atoms with Crippen molar-refractivity contribution in [3.63, 3.8) is 0 Å². The molecule has 0 unspecified atom stereocenters. The van der Waals surface area contributed by atoms with E-state index in [2.05, 4.69) is 62.4 Å². The fraction of sp³-hybridized carbons (Fsp3) is 0.182. The first-order chi connectivity index (χ1) is 11.8. The van der Waals surface area contributed by atoms with E-state index >= 15 is 0 Å². The highest BCUT2D eigenvalue weighted by atomic mass is 14.8. The largest absolute Gasteiger partial charge is 0.254 e. The molecule has 0 fully saturated rings. The molecule has 4 aromatic rings. The fourth-order valence-electron chi connectivity index (χ4n) is 3.56. The number of pyridine rings is 2. The Morgan fingerprint density at radius 1 is 0.625 bits per heavy atom. The van der Waals surface area contributed by atoms with Crippen LogP contribution in [0.15, 0.2) is 60.9 Å². The van der Waals surface area contributed by atoms with Crippen LogP contribution in [0, 0.1) is 0 Å². The molecular weight excluding hydrogens is 292 g/mol. The van der Waals surface area contributed by atoms with Crippen molar-refractivity contribution in [1.82, 2.24) is 9.97 Å². The van der Waals surface area contributed by atoms with Gasteiger partial charge in [0, 0.05) is 23.2 Å². The van der Waals surface area contributed by atoms with Crippen molar-refractivity contribution < 1.29 is 0 Å². The topological polar surface area (TPSA) is 25.8 Å². The highest BCUT2D eigenvalue weighted by Crippen LogP contribution is 2.34. The number of hydrogen-bond donors (Lipinski definition) is 0. The van der Waals surface area contributed by atoms with Crippen LogP contribution in [0.1, 0.15) is 25.0 Å². The van der Waals surface area contributed by atoms with Crippen molar-refractivity contribution in [2.75, 3.05) is 0 Å². The molecule has 0 aliphatic heterocycles. The zero-order chi connectivity index (χ0) is 16.5. The number of aromatic nitrogens is 2. The molecule has 0 saturated carbocycles. The van der Waals surface area contributed by atoms with Crippen molar-refractivity contribution in [3.05, 3.63) is 72.1 Å². The first-order valence-corrected chi connectivity index (χ1v) is 8.57. The quantitative estimate of drug-likeness (QED) is 0.494. The van der Waals surface area contributed by atoms with E-state index in [9.17, 15) is 0 Å². The summed E-state index contributed by atoms with van der Waals surface area (Å²) in [4.78, 5) is 9.50. The molecule has 0 saturated heterocycles. The van der Waals surface area contributed by atoms with Gasteiger partial charge < -0.3 is 0 Å². The number of fused-ring (bicyclic) bond motifs is 2. The lowest BCUT2D eigenvalue weighted by Gasteiger charge is -2.13. The van der Waals surface area contributed by atoms with Gasteiger partial charge in [-0.1, -0.05) is 50.2 Å². The van der Waals surface area contributed by atoms with E-state index in [-0.39, 0.29) is 0 Å². The summed E-state index contributed by atoms with van der Waals surface area (Å²) in [6, 6.07) is 17.1. The zero-order valence-electron chi connectivity index (χ0n) is 14.1. The third kappa shape index (κ3) is 2.26. The second-order valence-electron chi connectivity index (χ2n) is 6.06. The maximum Gasteiger partial charge on any atom is 0.0973 e. The summed E-state index contributed by atoms with van der Waals surface area (Å²) in [5.41, 5.74) is 4.64. The Morgan fingerprint density at radius 3 is 1.50 bits per heavy atom. The smallest absolute Gasteiger partial charge is 0.0973 e. The van der Waals surface area contributed by atoms with Crippen molar-refractivity contribution >= 4 is 21.5 Å². The van der Waals surface area contributed by atoms with Gasteiger partial charge in [-0.15, -0.1) is 0 Å². The number of rotatable bonds is 3. The van der Waals surface area contributed by atoms with E-state index in [1.54, 1.807) is 0 Å². The fourth-order valence-corrected chi connectivity index (χ4v) is 3.56. The first kappa shape index (κ1) is 14.8. The molecule has 0 radical (unpaired) electrons. The molecule has 118 valence electrons. The lowest BCUT2D eigenvalue weighted by Crippen LogP contribution is -1.96. The number of nitrogens with zero attached hydrogens (tertiary/aromatic N) is 2. The Labute approximate surface area is 142 Å². The maximum absolute atomic E-state index is 4.75. The highest BCUT2D eigenvalue weighted by molar-refractivity contribution is 6.04. The second-order valence-corrected chi connectivity index (χ2v) is 6.06. The van der Waals surface area contributed by atoms with Crippen molar-refractivity contribution in [3.8, 4) is 11.4 Å². The Morgan fingerprint density at radius 2 is 1.08 bits per heavy atom. The van der Waals surface area contributed by atoms with Crippen LogP contribution in [-0.2, 0) is 12.8 Å². The molecule has 0 N–H and O–H groups in total. The lowest BCUT2D eigenvalue weighted by atomic mass is 9.95. The summed E-state index contributed by atoms with van der Waals surface area (Å²) in [7, 11) is 0. The van der Waals surface area contributed by atoms with E-state index in [0.29, 0.717) is 0 Å². The molecule has 24 heavy (non-hydrogen) atoms. The van der Waals surface area contributed by atoms with E-state index in [0.717, 1.165) is 24.2 Å². The van der Waals surface area contributed by atoms with E-state index in [4.69, 9.17) is 9.97 Å². The van der Waals surface area contributed by atoms with Crippen LogP contribution in [-0.4, -0.2) is 9.97 Å². The summed E-state index contributed by atoms with van der Waals surface area (Å²) < 4.78 is 0. The molecule has 2 nitrogen and oxygen atoms in total. The number of aryl methyl sites for hydroxylation is 2. The molecule has 0 amide bonds. The summed E-state index contributed by atoms with van der Waals surface area (Å²) in [6.45, 7) is 4.39. The monoisotopic (exact) mass is 312 g/mol. The average molecular weight is 312 g/mol. The Balaban J connectivity index is 2.15. The van der Waals surface area contributed by atoms with Gasteiger partial charge in [-0.2, -0.15) is 0 Å². The van der Waals surface area contributed by atoms with Gasteiger partial charge in [-0.25, -0.2) is 0 Å². The summed E-state index contributed by atoms with van der Waals surface area (Å²) >= 11 is 0. The molecule has 4 rings (SSSR count). The van der Waals surface area contributed by atoms with Gasteiger partial charge in [-0.05, 0) is 46.9 Å². The van der Waals surface area contributed by atoms with Gasteiger partial charge in [0.15, 0.2) is 0 Å². The van der Waals surface area contributed by atoms with Crippen LogP contribution < -0.4 is 0 Å². The minimum absolute atomic E-state index is 0.988. The minimum atomic E-state index is 0.988. The Hall–Kier alpha value is -2.74. The Bertz CT molecular complexity index is 939. The van der Waals surface area contributed by atoms with Crippen molar-refractivity contribution in [1.29, 1.82) is 0 Å². The third-order valence-electron chi connectivity index (χ3n) is 4.74. The third-order valence-corrected chi connectivity index (χ3v) is 4.74. The second kappa shape index (κ2) is 6.04. The van der Waals surface area contributed by atoms with Gasteiger partial charge in [0.05, 0.1) is 11.4 Å². The van der Waals surface area contributed by atoms with E-state index in [1.165, 1.54) is 32.7 Å². The van der Waals surface area contributed by atoms with Gasteiger partial charge in [0.2, 0.25) is 0 Å². The SMILES string of the molecule is CCc1cccc2ccnc(-c3nccc4cccc(CC)c34)c12. The van der Waals surface area contributed by atoms with Crippen LogP contribution in [0.5, 0.6) is 0 Å². The molecule has 2 aromatic carbocycles. The van der Waals surface area contributed by atoms with Crippen LogP contribution in [0.3, 0.4) is 0 Å². The summed E-state index contributed by atoms with van der Waals surface area (Å²) in [6.07, 6.45) is 5.77. The predicted molar refractivity (Wildman–Crippen MR) is 101 cm³/mol. The average Bonchev–Trinajstić information content (AvgIpc) is 2.66. The van der Waals surface area contributed by atoms with Crippen LogP contribution in [0.2, 0.25) is 0 Å². The van der Waals surface area contributed by atoms with Crippen LogP contribution in [0.4, 0.5) is 0 Å². The van der Waals surface area contributed by atoms with Crippen LogP contribution >= 0.6 is 0 Å². The molecule has 2 heteroatoms. The Kier molecular flexibility index (Phi) is 3.73. The summed E-state index contributed by atoms with van der Waals surface area (Å²) in [5, 5.41) is 4.92. The lowest BCUT2D eigenvalue weighted by molar-refractivity contribution is 1.15. The van der Waals surface area contributed by atoms with E-state index < -0.39 is 0 Å². The zero-order valence-corrected chi connectivity index (χ0v) is 14.1. The molecule has 0 atom stereocenters. The molecule has 0 bridgehead atoms. The predicted octanol–water partition coefficient (Wildman–Crippen LogP) is 5.57. The van der Waals surface area contributed by atoms with Gasteiger partial charge in [0.1, 0.15) is 0 Å². The number of benzene rings is 2. The molecule has 0 spiro atoms. The van der Waals surface area contributed by atoms with Crippen molar-refractivity contribution in [2.45, 2.75) is 26.7 Å². The highest BCUT2D eigenvalue weighted by Gasteiger charge is 2.14. The van der Waals surface area contributed by atoms with Crippen LogP contribution in [0.25, 0.3) is 32.9 Å². The van der Waals surface area contributed by atoms with Gasteiger partial charge in [-0.3, -0.25) is 9.97 Å². The molecule has 2 heterocycles. The first-order valence-electron chi connectivity index (χ1n) is 8.57. The molecule has 2 aromatic heterocycles. The van der Waals surface area contributed by atoms with E-state index in [1.807, 2.05) is 12.4 Å². The number of hydrogen-bond acceptors (Lipinski definition) is 2. The molecule has 0 aliphatic rings. The van der Waals surface area contributed by atoms with Gasteiger partial charge in [0.25, 0.3) is 0 Å². The standard InChI is InChI=1S/C22H20N2/c1-3-15-7-5-9-17-11-13-23-21(19(15)17)22-20-16(4-2)8-6-10-18(20)12-14-24-22/h5-14H,3-4H2,1-2H3.